The van der Waals surface area contributed by atoms with Gasteiger partial charge in [-0.2, -0.15) is 5.26 Å². The van der Waals surface area contributed by atoms with Gasteiger partial charge < -0.3 is 0 Å². The summed E-state index contributed by atoms with van der Waals surface area (Å²) in [5.41, 5.74) is 1.23. The molecule has 0 aromatic carbocycles. The van der Waals surface area contributed by atoms with Gasteiger partial charge in [0.05, 0.1) is 5.57 Å². The predicted molar refractivity (Wildman–Crippen MR) is 112 cm³/mol. The van der Waals surface area contributed by atoms with Gasteiger partial charge in [0.2, 0.25) is 0 Å². The number of nitriles is 1. The number of carbonyl (C=O) groups excluding carboxylic acids is 2. The topological polar surface area (TPSA) is 57.9 Å². The zero-order chi connectivity index (χ0) is 21.1. The normalized spacial score (nSPS) is 33.6. The lowest BCUT2D eigenvalue weighted by atomic mass is 9.47. The summed E-state index contributed by atoms with van der Waals surface area (Å²) in [5.74, 6) is 2.87. The predicted octanol–water partition coefficient (Wildman–Crippen LogP) is 5.34. The Kier molecular flexibility index (Phi) is 6.51. The maximum atomic E-state index is 12.8. The van der Waals surface area contributed by atoms with Crippen molar-refractivity contribution in [2.75, 3.05) is 0 Å². The first-order valence-corrected chi connectivity index (χ1v) is 10.4. The van der Waals surface area contributed by atoms with Gasteiger partial charge in [0.1, 0.15) is 6.07 Å². The number of Topliss-reactive ketones (excluding diaryl/α,β-unsaturated/α-hetero) is 1. The molecule has 1 fully saturated rings. The molecule has 28 heavy (non-hydrogen) atoms. The molecule has 0 spiro atoms. The summed E-state index contributed by atoms with van der Waals surface area (Å²) in [6, 6.07) is 2.03. The van der Waals surface area contributed by atoms with Crippen molar-refractivity contribution in [1.29, 1.82) is 5.26 Å². The molecule has 0 amide bonds. The molecule has 1 saturated carbocycles. The second kappa shape index (κ2) is 8.32. The van der Waals surface area contributed by atoms with Gasteiger partial charge in [0.25, 0.3) is 0 Å². The maximum absolute atomic E-state index is 12.8. The number of carbonyl (C=O) groups is 2. The lowest BCUT2D eigenvalue weighted by molar-refractivity contribution is -0.123. The SMILES string of the molecule is C#CCC12C=C(C#N)C(=O)C=C1C1(C)C=C(CCC)C(=O)C(C)C1CC2.CC. The standard InChI is InChI=1S/C23H25NO2.C2H6/c1-5-7-16-12-22(4)18(15(3)21(16)26)8-10-23(9-6-2)13-17(14-24)19(25)11-20(22)23;1-2/h2,11-13,15,18H,5,7-10H2,1,3-4H3;1-2H3. The van der Waals surface area contributed by atoms with E-state index in [1.165, 1.54) is 0 Å². The van der Waals surface area contributed by atoms with Gasteiger partial charge >= 0.3 is 0 Å². The van der Waals surface area contributed by atoms with Gasteiger partial charge in [-0.25, -0.2) is 0 Å². The van der Waals surface area contributed by atoms with Crippen molar-refractivity contribution in [2.24, 2.45) is 22.7 Å². The molecule has 3 rings (SSSR count). The molecule has 4 unspecified atom stereocenters. The summed E-state index contributed by atoms with van der Waals surface area (Å²) in [4.78, 5) is 25.3. The van der Waals surface area contributed by atoms with Crippen LogP contribution in [0.2, 0.25) is 0 Å². The van der Waals surface area contributed by atoms with Crippen molar-refractivity contribution in [3.05, 3.63) is 34.9 Å². The molecule has 148 valence electrons. The third-order valence-corrected chi connectivity index (χ3v) is 6.61. The van der Waals surface area contributed by atoms with Crippen LogP contribution < -0.4 is 0 Å². The van der Waals surface area contributed by atoms with Crippen LogP contribution in [0.15, 0.2) is 34.9 Å². The Labute approximate surface area is 169 Å². The average molecular weight is 378 g/mol. The van der Waals surface area contributed by atoms with Crippen LogP contribution >= 0.6 is 0 Å². The Bertz CT molecular complexity index is 845. The number of nitrogens with zero attached hydrogens (tertiary/aromatic N) is 1. The van der Waals surface area contributed by atoms with Crippen molar-refractivity contribution < 1.29 is 9.59 Å². The summed E-state index contributed by atoms with van der Waals surface area (Å²) < 4.78 is 0. The van der Waals surface area contributed by atoms with E-state index in [0.717, 1.165) is 36.8 Å². The Morgan fingerprint density at radius 1 is 1.29 bits per heavy atom. The highest BCUT2D eigenvalue weighted by Crippen LogP contribution is 2.62. The number of rotatable bonds is 3. The highest BCUT2D eigenvalue weighted by atomic mass is 16.1. The van der Waals surface area contributed by atoms with E-state index in [4.69, 9.17) is 6.42 Å². The molecular formula is C25H31NO2. The van der Waals surface area contributed by atoms with Crippen LogP contribution in [0.4, 0.5) is 0 Å². The van der Waals surface area contributed by atoms with Crippen LogP contribution in [0, 0.1) is 46.3 Å². The van der Waals surface area contributed by atoms with E-state index < -0.39 is 5.41 Å². The first-order chi connectivity index (χ1) is 13.3. The summed E-state index contributed by atoms with van der Waals surface area (Å²) in [6.45, 7) is 10.2. The average Bonchev–Trinajstić information content (AvgIpc) is 2.68. The fraction of sp³-hybridized carbons (Fsp3) is 0.560. The van der Waals surface area contributed by atoms with Crippen molar-refractivity contribution >= 4 is 11.6 Å². The quantitative estimate of drug-likeness (QED) is 0.624. The van der Waals surface area contributed by atoms with E-state index in [1.807, 2.05) is 26.8 Å². The number of terminal acetylenes is 1. The molecule has 0 aliphatic heterocycles. The number of fused-ring (bicyclic) bond motifs is 3. The van der Waals surface area contributed by atoms with Crippen LogP contribution in [0.3, 0.4) is 0 Å². The highest BCUT2D eigenvalue weighted by molar-refractivity contribution is 6.09. The highest BCUT2D eigenvalue weighted by Gasteiger charge is 2.55. The minimum atomic E-state index is -0.451. The lowest BCUT2D eigenvalue weighted by Gasteiger charge is -2.55. The van der Waals surface area contributed by atoms with Gasteiger partial charge in [-0.05, 0) is 42.4 Å². The number of ketones is 2. The third kappa shape index (κ3) is 3.29. The molecule has 3 heteroatoms. The third-order valence-electron chi connectivity index (χ3n) is 6.61. The van der Waals surface area contributed by atoms with Gasteiger partial charge in [0.15, 0.2) is 11.6 Å². The molecule has 0 saturated heterocycles. The fourth-order valence-electron chi connectivity index (χ4n) is 5.42. The summed E-state index contributed by atoms with van der Waals surface area (Å²) in [5, 5.41) is 9.34. The van der Waals surface area contributed by atoms with Gasteiger partial charge in [-0.3, -0.25) is 9.59 Å². The molecule has 3 nitrogen and oxygen atoms in total. The molecule has 3 aliphatic carbocycles. The summed E-state index contributed by atoms with van der Waals surface area (Å²) in [6.07, 6.45) is 15.0. The smallest absolute Gasteiger partial charge is 0.196 e. The lowest BCUT2D eigenvalue weighted by Crippen LogP contribution is -2.49. The van der Waals surface area contributed by atoms with Crippen LogP contribution in [0.1, 0.15) is 66.7 Å². The second-order valence-corrected chi connectivity index (χ2v) is 8.13. The van der Waals surface area contributed by atoms with Crippen LogP contribution in [0.5, 0.6) is 0 Å². The zero-order valence-electron chi connectivity index (χ0n) is 17.8. The number of hydrogen-bond acceptors (Lipinski definition) is 3. The first kappa shape index (κ1) is 21.9. The van der Waals surface area contributed by atoms with E-state index in [1.54, 1.807) is 12.2 Å². The number of hydrogen-bond donors (Lipinski definition) is 0. The second-order valence-electron chi connectivity index (χ2n) is 8.13. The minimum absolute atomic E-state index is 0.0623. The Balaban J connectivity index is 0.00000136. The van der Waals surface area contributed by atoms with Gasteiger partial charge in [-0.1, -0.05) is 53.2 Å². The zero-order valence-corrected chi connectivity index (χ0v) is 17.8. The molecule has 0 N–H and O–H groups in total. The molecular weight excluding hydrogens is 346 g/mol. The van der Waals surface area contributed by atoms with E-state index in [2.05, 4.69) is 25.8 Å². The van der Waals surface area contributed by atoms with Crippen molar-refractivity contribution in [1.82, 2.24) is 0 Å². The summed E-state index contributed by atoms with van der Waals surface area (Å²) >= 11 is 0. The van der Waals surface area contributed by atoms with Crippen molar-refractivity contribution in [3.8, 4) is 18.4 Å². The Hall–Kier alpha value is -2.39. The van der Waals surface area contributed by atoms with Crippen molar-refractivity contribution in [3.63, 3.8) is 0 Å². The molecule has 0 heterocycles. The first-order valence-electron chi connectivity index (χ1n) is 10.4. The Morgan fingerprint density at radius 3 is 2.54 bits per heavy atom. The van der Waals surface area contributed by atoms with Gasteiger partial charge in [-0.15, -0.1) is 12.3 Å². The maximum Gasteiger partial charge on any atom is 0.196 e. The summed E-state index contributed by atoms with van der Waals surface area (Å²) in [7, 11) is 0. The van der Waals surface area contributed by atoms with Gasteiger partial charge in [0, 0.05) is 23.2 Å². The molecule has 3 aliphatic rings. The Morgan fingerprint density at radius 2 is 1.96 bits per heavy atom. The van der Waals surface area contributed by atoms with Crippen LogP contribution in [-0.2, 0) is 9.59 Å². The van der Waals surface area contributed by atoms with E-state index in [9.17, 15) is 14.9 Å². The minimum Gasteiger partial charge on any atom is -0.294 e. The van der Waals surface area contributed by atoms with E-state index in [-0.39, 0.29) is 34.4 Å². The molecule has 0 bridgehead atoms. The largest absolute Gasteiger partial charge is 0.294 e. The van der Waals surface area contributed by atoms with Crippen LogP contribution in [0.25, 0.3) is 0 Å². The fourth-order valence-corrected chi connectivity index (χ4v) is 5.42. The molecule has 0 aromatic rings. The van der Waals surface area contributed by atoms with E-state index >= 15 is 0 Å². The number of allylic oxidation sites excluding steroid dienone is 6. The molecule has 0 radical (unpaired) electrons. The monoisotopic (exact) mass is 377 g/mol. The van der Waals surface area contributed by atoms with Crippen LogP contribution in [-0.4, -0.2) is 11.6 Å². The molecule has 0 aromatic heterocycles. The van der Waals surface area contributed by atoms with E-state index in [0.29, 0.717) is 6.42 Å². The molecule has 4 atom stereocenters. The van der Waals surface area contributed by atoms with Crippen molar-refractivity contribution in [2.45, 2.75) is 66.7 Å².